The van der Waals surface area contributed by atoms with Crippen LogP contribution in [0.5, 0.6) is 11.5 Å². The third-order valence-corrected chi connectivity index (χ3v) is 7.34. The molecule has 0 bridgehead atoms. The number of allylic oxidation sites excluding steroid dienone is 1. The molecular formula is C26H37NO7. The maximum Gasteiger partial charge on any atom is 0.325 e. The molecule has 3 fully saturated rings. The van der Waals surface area contributed by atoms with Gasteiger partial charge in [-0.25, -0.2) is 0 Å². The van der Waals surface area contributed by atoms with Crippen LogP contribution in [0.25, 0.3) is 0 Å². The number of epoxide rings is 2. The van der Waals surface area contributed by atoms with Crippen LogP contribution in [0.15, 0.2) is 29.8 Å². The first kappa shape index (κ1) is 24.8. The lowest BCUT2D eigenvalue weighted by molar-refractivity contribution is -0.170. The highest BCUT2D eigenvalue weighted by molar-refractivity contribution is 5.75. The maximum atomic E-state index is 12.7. The number of methoxy groups -OCH3 is 3. The van der Waals surface area contributed by atoms with Gasteiger partial charge < -0.3 is 33.7 Å². The van der Waals surface area contributed by atoms with E-state index in [0.29, 0.717) is 24.5 Å². The molecule has 2 aliphatic heterocycles. The number of rotatable bonds is 10. The zero-order valence-corrected chi connectivity index (χ0v) is 21.0. The smallest absolute Gasteiger partial charge is 0.325 e. The molecule has 2 heterocycles. The van der Waals surface area contributed by atoms with E-state index in [2.05, 4.69) is 32.2 Å². The third-order valence-electron chi connectivity index (χ3n) is 7.34. The molecule has 8 nitrogen and oxygen atoms in total. The second kappa shape index (κ2) is 9.76. The summed E-state index contributed by atoms with van der Waals surface area (Å²) in [6, 6.07) is 5.40. The van der Waals surface area contributed by atoms with Crippen molar-refractivity contribution in [1.29, 1.82) is 0 Å². The number of esters is 1. The molecule has 2 saturated heterocycles. The Bertz CT molecular complexity index is 924. The summed E-state index contributed by atoms with van der Waals surface area (Å²) in [6.07, 6.45) is 4.07. The van der Waals surface area contributed by atoms with Crippen LogP contribution in [0.1, 0.15) is 40.0 Å². The van der Waals surface area contributed by atoms with Crippen LogP contribution in [-0.2, 0) is 23.7 Å². The Hall–Kier alpha value is -2.29. The molecule has 6 atom stereocenters. The summed E-state index contributed by atoms with van der Waals surface area (Å²) >= 11 is 0. The van der Waals surface area contributed by atoms with Crippen molar-refractivity contribution >= 4 is 11.7 Å². The van der Waals surface area contributed by atoms with E-state index in [1.165, 1.54) is 5.57 Å². The van der Waals surface area contributed by atoms with E-state index in [4.69, 9.17) is 28.4 Å². The SMILES string of the molecule is COc1ccc(NCC(=O)O[C@@H]2CC[C@]3(CO3)[C@@H]([C@]3(C)O[C@@H]3CC=C(C)C)[C@@H]2OC)cc1OC. The summed E-state index contributed by atoms with van der Waals surface area (Å²) < 4.78 is 34.6. The summed E-state index contributed by atoms with van der Waals surface area (Å²) in [5.41, 5.74) is 1.42. The number of carbonyl (C=O) groups excluding carboxylic acids is 1. The van der Waals surface area contributed by atoms with Gasteiger partial charge in [0.25, 0.3) is 0 Å². The van der Waals surface area contributed by atoms with E-state index >= 15 is 0 Å². The van der Waals surface area contributed by atoms with Crippen molar-refractivity contribution in [2.75, 3.05) is 39.8 Å². The van der Waals surface area contributed by atoms with Crippen LogP contribution in [0.4, 0.5) is 5.69 Å². The Labute approximate surface area is 201 Å². The lowest BCUT2D eigenvalue weighted by Crippen LogP contribution is -2.55. The zero-order valence-electron chi connectivity index (χ0n) is 21.0. The van der Waals surface area contributed by atoms with Gasteiger partial charge in [-0.05, 0) is 52.2 Å². The molecule has 0 amide bonds. The van der Waals surface area contributed by atoms with Crippen molar-refractivity contribution in [3.8, 4) is 11.5 Å². The molecule has 4 rings (SSSR count). The zero-order chi connectivity index (χ0) is 24.5. The first-order valence-electron chi connectivity index (χ1n) is 11.9. The normalized spacial score (nSPS) is 33.7. The number of nitrogens with one attached hydrogen (secondary N) is 1. The Balaban J connectivity index is 1.39. The predicted molar refractivity (Wildman–Crippen MR) is 127 cm³/mol. The maximum absolute atomic E-state index is 12.7. The van der Waals surface area contributed by atoms with Crippen molar-refractivity contribution < 1.29 is 33.2 Å². The standard InChI is InChI=1S/C26H37NO7/c1-16(2)7-10-21-25(3,34-21)24-23(31-6)19(11-12-26(24)15-32-26)33-22(28)14-27-17-8-9-18(29-4)20(13-17)30-5/h7-9,13,19,21,23-24,27H,10-12,14-15H2,1-6H3/t19-,21-,23-,24-,25-,26+/m1/s1. The fourth-order valence-corrected chi connectivity index (χ4v) is 5.40. The molecule has 8 heteroatoms. The monoisotopic (exact) mass is 475 g/mol. The van der Waals surface area contributed by atoms with E-state index in [1.807, 2.05) is 6.07 Å². The summed E-state index contributed by atoms with van der Waals surface area (Å²) in [6.45, 7) is 7.06. The molecule has 1 saturated carbocycles. The van der Waals surface area contributed by atoms with Crippen molar-refractivity contribution in [1.82, 2.24) is 0 Å². The van der Waals surface area contributed by atoms with E-state index < -0.39 is 0 Å². The number of carbonyl (C=O) groups is 1. The first-order valence-corrected chi connectivity index (χ1v) is 11.9. The van der Waals surface area contributed by atoms with Gasteiger partial charge in [-0.3, -0.25) is 4.79 Å². The molecule has 1 aromatic rings. The summed E-state index contributed by atoms with van der Waals surface area (Å²) in [7, 11) is 4.84. The second-order valence-corrected chi connectivity index (χ2v) is 9.83. The van der Waals surface area contributed by atoms with Gasteiger partial charge in [0.05, 0.1) is 32.8 Å². The van der Waals surface area contributed by atoms with Gasteiger partial charge in [0, 0.05) is 18.9 Å². The molecule has 0 aromatic heterocycles. The van der Waals surface area contributed by atoms with Crippen LogP contribution in [-0.4, -0.2) is 70.0 Å². The highest BCUT2D eigenvalue weighted by atomic mass is 16.6. The average molecular weight is 476 g/mol. The van der Waals surface area contributed by atoms with Crippen LogP contribution in [0, 0.1) is 5.92 Å². The van der Waals surface area contributed by atoms with Crippen molar-refractivity contribution in [2.45, 2.75) is 69.5 Å². The van der Waals surface area contributed by atoms with Crippen molar-refractivity contribution in [2.24, 2.45) is 5.92 Å². The summed E-state index contributed by atoms with van der Waals surface area (Å²) in [5, 5.41) is 3.10. The lowest BCUT2D eigenvalue weighted by Gasteiger charge is -2.42. The van der Waals surface area contributed by atoms with Gasteiger partial charge in [-0.1, -0.05) is 11.6 Å². The quantitative estimate of drug-likeness (QED) is 0.311. The van der Waals surface area contributed by atoms with Gasteiger partial charge in [0.15, 0.2) is 11.5 Å². The molecule has 188 valence electrons. The highest BCUT2D eigenvalue weighted by Gasteiger charge is 2.72. The molecular weight excluding hydrogens is 438 g/mol. The lowest BCUT2D eigenvalue weighted by atomic mass is 9.68. The molecule has 1 aromatic carbocycles. The number of hydrogen-bond acceptors (Lipinski definition) is 8. The largest absolute Gasteiger partial charge is 0.493 e. The van der Waals surface area contributed by atoms with E-state index in [9.17, 15) is 4.79 Å². The minimum Gasteiger partial charge on any atom is -0.493 e. The van der Waals surface area contributed by atoms with Gasteiger partial charge >= 0.3 is 5.97 Å². The van der Waals surface area contributed by atoms with Gasteiger partial charge in [0.2, 0.25) is 0 Å². The minimum atomic E-state index is -0.355. The fraction of sp³-hybridized carbons (Fsp3) is 0.654. The average Bonchev–Trinajstić information content (AvgIpc) is 3.74. The van der Waals surface area contributed by atoms with Gasteiger partial charge in [-0.15, -0.1) is 0 Å². The molecule has 1 aliphatic carbocycles. The van der Waals surface area contributed by atoms with Crippen LogP contribution in [0.2, 0.25) is 0 Å². The number of hydrogen-bond donors (Lipinski definition) is 1. The van der Waals surface area contributed by atoms with E-state index in [1.54, 1.807) is 33.5 Å². The topological polar surface area (TPSA) is 91.1 Å². The van der Waals surface area contributed by atoms with Gasteiger partial charge in [0.1, 0.15) is 30.0 Å². The van der Waals surface area contributed by atoms with Crippen molar-refractivity contribution in [3.05, 3.63) is 29.8 Å². The Morgan fingerprint density at radius 3 is 2.56 bits per heavy atom. The molecule has 3 aliphatic rings. The molecule has 0 unspecified atom stereocenters. The summed E-state index contributed by atoms with van der Waals surface area (Å²) in [4.78, 5) is 12.7. The molecule has 0 radical (unpaired) electrons. The Kier molecular flexibility index (Phi) is 7.12. The van der Waals surface area contributed by atoms with E-state index in [-0.39, 0.29) is 47.9 Å². The predicted octanol–water partition coefficient (Wildman–Crippen LogP) is 3.74. The second-order valence-electron chi connectivity index (χ2n) is 9.83. The fourth-order valence-electron chi connectivity index (χ4n) is 5.40. The van der Waals surface area contributed by atoms with Gasteiger partial charge in [-0.2, -0.15) is 0 Å². The summed E-state index contributed by atoms with van der Waals surface area (Å²) in [5.74, 6) is 0.884. The Morgan fingerprint density at radius 2 is 1.94 bits per heavy atom. The molecule has 1 N–H and O–H groups in total. The number of anilines is 1. The highest BCUT2D eigenvalue weighted by Crippen LogP contribution is 2.59. The minimum absolute atomic E-state index is 0.00548. The molecule has 1 spiro atoms. The molecule has 34 heavy (non-hydrogen) atoms. The van der Waals surface area contributed by atoms with Crippen molar-refractivity contribution in [3.63, 3.8) is 0 Å². The number of ether oxygens (including phenoxy) is 6. The van der Waals surface area contributed by atoms with Crippen LogP contribution < -0.4 is 14.8 Å². The van der Waals surface area contributed by atoms with Crippen LogP contribution in [0.3, 0.4) is 0 Å². The third kappa shape index (κ3) is 4.90. The van der Waals surface area contributed by atoms with Crippen LogP contribution >= 0.6 is 0 Å². The van der Waals surface area contributed by atoms with E-state index in [0.717, 1.165) is 18.5 Å². The first-order chi connectivity index (χ1) is 16.3. The number of benzene rings is 1. The Morgan fingerprint density at radius 1 is 1.21 bits per heavy atom.